The van der Waals surface area contributed by atoms with Gasteiger partial charge < -0.3 is 10.6 Å². The summed E-state index contributed by atoms with van der Waals surface area (Å²) >= 11 is 0. The third-order valence-electron chi connectivity index (χ3n) is 3.07. The Hall–Kier alpha value is -0.130. The maximum absolute atomic E-state index is 11.2. The molecule has 0 aromatic carbocycles. The van der Waals surface area contributed by atoms with Crippen LogP contribution in [0.15, 0.2) is 0 Å². The first kappa shape index (κ1) is 13.9. The van der Waals surface area contributed by atoms with Crippen LogP contribution in [0.3, 0.4) is 0 Å². The molecule has 0 bridgehead atoms. The highest BCUT2D eigenvalue weighted by atomic mass is 32.2. The lowest BCUT2D eigenvalue weighted by molar-refractivity contribution is 0.457. The van der Waals surface area contributed by atoms with Gasteiger partial charge >= 0.3 is 0 Å². The molecule has 2 unspecified atom stereocenters. The molecule has 5 heteroatoms. The second-order valence-corrected chi connectivity index (χ2v) is 6.95. The van der Waals surface area contributed by atoms with Gasteiger partial charge in [0.2, 0.25) is 0 Å². The molecular formula is C11H24N2O2S. The van der Waals surface area contributed by atoms with Gasteiger partial charge in [-0.15, -0.1) is 0 Å². The number of rotatable bonds is 7. The quantitative estimate of drug-likeness (QED) is 0.685. The first-order valence-corrected chi connectivity index (χ1v) is 8.00. The molecule has 0 spiro atoms. The summed E-state index contributed by atoms with van der Waals surface area (Å²) in [5.74, 6) is 1.17. The van der Waals surface area contributed by atoms with E-state index < -0.39 is 9.84 Å². The van der Waals surface area contributed by atoms with E-state index >= 15 is 0 Å². The molecule has 1 aliphatic heterocycles. The minimum Gasteiger partial charge on any atom is -0.315 e. The summed E-state index contributed by atoms with van der Waals surface area (Å²) in [6.07, 6.45) is 1.83. The van der Waals surface area contributed by atoms with Gasteiger partial charge in [-0.1, -0.05) is 6.92 Å². The molecule has 2 N–H and O–H groups in total. The Kier molecular flexibility index (Phi) is 5.72. The van der Waals surface area contributed by atoms with Crippen LogP contribution < -0.4 is 10.6 Å². The minimum atomic E-state index is -2.70. The highest BCUT2D eigenvalue weighted by Gasteiger charge is 2.27. The van der Waals surface area contributed by atoms with Crippen LogP contribution in [-0.4, -0.2) is 45.6 Å². The predicted molar refractivity (Wildman–Crippen MR) is 67.4 cm³/mol. The smallest absolute Gasteiger partial charge is 0.150 e. The zero-order valence-corrected chi connectivity index (χ0v) is 11.1. The lowest BCUT2D eigenvalue weighted by Crippen LogP contribution is -2.37. The van der Waals surface area contributed by atoms with E-state index in [4.69, 9.17) is 0 Å². The van der Waals surface area contributed by atoms with Crippen molar-refractivity contribution in [1.82, 2.24) is 10.6 Å². The average molecular weight is 248 g/mol. The van der Waals surface area contributed by atoms with Crippen LogP contribution in [0.5, 0.6) is 0 Å². The van der Waals surface area contributed by atoms with E-state index in [0.29, 0.717) is 23.5 Å². The van der Waals surface area contributed by atoms with Gasteiger partial charge in [-0.05, 0) is 38.8 Å². The molecule has 0 aliphatic carbocycles. The molecule has 0 amide bonds. The number of sulfone groups is 1. The largest absolute Gasteiger partial charge is 0.315 e. The van der Waals surface area contributed by atoms with Crippen molar-refractivity contribution in [3.8, 4) is 0 Å². The Balaban J connectivity index is 2.08. The molecule has 96 valence electrons. The molecule has 1 fully saturated rings. The second-order valence-electron chi connectivity index (χ2n) is 4.72. The third kappa shape index (κ3) is 5.27. The van der Waals surface area contributed by atoms with E-state index in [2.05, 4.69) is 24.5 Å². The van der Waals surface area contributed by atoms with Gasteiger partial charge in [0.15, 0.2) is 9.84 Å². The highest BCUT2D eigenvalue weighted by Crippen LogP contribution is 2.20. The van der Waals surface area contributed by atoms with Crippen molar-refractivity contribution in [3.63, 3.8) is 0 Å². The summed E-state index contributed by atoms with van der Waals surface area (Å²) in [6.45, 7) is 7.13. The topological polar surface area (TPSA) is 58.2 Å². The molecule has 1 rings (SSSR count). The molecule has 4 nitrogen and oxygen atoms in total. The van der Waals surface area contributed by atoms with Gasteiger partial charge in [-0.3, -0.25) is 0 Å². The molecule has 1 heterocycles. The summed E-state index contributed by atoms with van der Waals surface area (Å²) in [4.78, 5) is 0. The first-order chi connectivity index (χ1) is 7.53. The summed E-state index contributed by atoms with van der Waals surface area (Å²) in [7, 11) is -2.70. The normalized spacial score (nSPS) is 25.8. The first-order valence-electron chi connectivity index (χ1n) is 6.18. The highest BCUT2D eigenvalue weighted by molar-refractivity contribution is 7.91. The van der Waals surface area contributed by atoms with Gasteiger partial charge in [0, 0.05) is 12.6 Å². The van der Waals surface area contributed by atoms with Crippen LogP contribution >= 0.6 is 0 Å². The van der Waals surface area contributed by atoms with E-state index in [9.17, 15) is 8.42 Å². The number of hydrogen-bond acceptors (Lipinski definition) is 4. The SMILES string of the molecule is CCNCC(C)NCCC1CCS(=O)(=O)C1. The van der Waals surface area contributed by atoms with Gasteiger partial charge in [0.05, 0.1) is 11.5 Å². The van der Waals surface area contributed by atoms with Crippen LogP contribution in [0.25, 0.3) is 0 Å². The lowest BCUT2D eigenvalue weighted by atomic mass is 10.1. The van der Waals surface area contributed by atoms with Crippen LogP contribution in [0.1, 0.15) is 26.7 Å². The summed E-state index contributed by atoms with van der Waals surface area (Å²) in [6, 6.07) is 0.456. The Morgan fingerprint density at radius 2 is 2.19 bits per heavy atom. The molecule has 0 saturated carbocycles. The van der Waals surface area contributed by atoms with Crippen LogP contribution in [0, 0.1) is 5.92 Å². The van der Waals surface area contributed by atoms with Crippen molar-refractivity contribution in [2.75, 3.05) is 31.1 Å². The zero-order chi connectivity index (χ0) is 12.0. The van der Waals surface area contributed by atoms with Crippen molar-refractivity contribution >= 4 is 9.84 Å². The van der Waals surface area contributed by atoms with Crippen molar-refractivity contribution in [1.29, 1.82) is 0 Å². The molecule has 16 heavy (non-hydrogen) atoms. The Morgan fingerprint density at radius 1 is 1.44 bits per heavy atom. The minimum absolute atomic E-state index is 0.379. The molecule has 2 atom stereocenters. The fourth-order valence-electron chi connectivity index (χ4n) is 2.07. The second kappa shape index (κ2) is 6.57. The molecule has 0 aromatic heterocycles. The number of likely N-dealkylation sites (N-methyl/N-ethyl adjacent to an activating group) is 1. The van der Waals surface area contributed by atoms with Gasteiger partial charge in [-0.2, -0.15) is 0 Å². The van der Waals surface area contributed by atoms with Crippen molar-refractivity contribution in [2.45, 2.75) is 32.7 Å². The zero-order valence-electron chi connectivity index (χ0n) is 10.3. The fourth-order valence-corrected chi connectivity index (χ4v) is 3.98. The van der Waals surface area contributed by atoms with Gasteiger partial charge in [-0.25, -0.2) is 8.42 Å². The molecule has 1 aliphatic rings. The standard InChI is InChI=1S/C11H24N2O2S/c1-3-12-8-10(2)13-6-4-11-5-7-16(14,15)9-11/h10-13H,3-9H2,1-2H3. The Bertz CT molecular complexity index is 290. The third-order valence-corrected chi connectivity index (χ3v) is 4.91. The number of hydrogen-bond donors (Lipinski definition) is 2. The average Bonchev–Trinajstić information content (AvgIpc) is 2.55. The van der Waals surface area contributed by atoms with Gasteiger partial charge in [0.25, 0.3) is 0 Å². The van der Waals surface area contributed by atoms with E-state index in [1.807, 2.05) is 0 Å². The van der Waals surface area contributed by atoms with E-state index in [1.165, 1.54) is 0 Å². The Labute approximate surface area is 99.1 Å². The number of nitrogens with one attached hydrogen (secondary N) is 2. The van der Waals surface area contributed by atoms with Gasteiger partial charge in [0.1, 0.15) is 0 Å². The van der Waals surface area contributed by atoms with Crippen LogP contribution in [-0.2, 0) is 9.84 Å². The maximum Gasteiger partial charge on any atom is 0.150 e. The Morgan fingerprint density at radius 3 is 2.75 bits per heavy atom. The molecule has 0 radical (unpaired) electrons. The van der Waals surface area contributed by atoms with Crippen LogP contribution in [0.2, 0.25) is 0 Å². The van der Waals surface area contributed by atoms with E-state index in [0.717, 1.165) is 32.5 Å². The van der Waals surface area contributed by atoms with Crippen molar-refractivity contribution in [3.05, 3.63) is 0 Å². The van der Waals surface area contributed by atoms with E-state index in [1.54, 1.807) is 0 Å². The predicted octanol–water partition coefficient (Wildman–Crippen LogP) is 0.399. The summed E-state index contributed by atoms with van der Waals surface area (Å²) in [5.41, 5.74) is 0. The summed E-state index contributed by atoms with van der Waals surface area (Å²) in [5, 5.41) is 6.70. The fraction of sp³-hybridized carbons (Fsp3) is 1.00. The van der Waals surface area contributed by atoms with E-state index in [-0.39, 0.29) is 0 Å². The van der Waals surface area contributed by atoms with Crippen molar-refractivity contribution in [2.24, 2.45) is 5.92 Å². The molecule has 0 aromatic rings. The lowest BCUT2D eigenvalue weighted by Gasteiger charge is -2.15. The molecule has 1 saturated heterocycles. The maximum atomic E-state index is 11.2. The monoisotopic (exact) mass is 248 g/mol. The molecular weight excluding hydrogens is 224 g/mol. The summed E-state index contributed by atoms with van der Waals surface area (Å²) < 4.78 is 22.5. The van der Waals surface area contributed by atoms with Crippen LogP contribution in [0.4, 0.5) is 0 Å². The van der Waals surface area contributed by atoms with Crippen molar-refractivity contribution < 1.29 is 8.42 Å².